The molecule has 0 saturated carbocycles. The molecule has 6 nitrogen and oxygen atoms in total. The van der Waals surface area contributed by atoms with Crippen molar-refractivity contribution in [2.75, 3.05) is 19.1 Å². The van der Waals surface area contributed by atoms with Crippen LogP contribution in [0.15, 0.2) is 33.8 Å². The Morgan fingerprint density at radius 1 is 1.33 bits per heavy atom. The second-order valence-corrected chi connectivity index (χ2v) is 6.71. The number of hydrazone groups is 1. The quantitative estimate of drug-likeness (QED) is 0.758. The minimum Gasteiger partial charge on any atom is -0.455 e. The number of ether oxygens (including phenoxy) is 1. The number of methoxy groups -OCH3 is 1. The zero-order valence-electron chi connectivity index (χ0n) is 15.8. The first-order chi connectivity index (χ1) is 13.0. The zero-order valence-corrected chi connectivity index (χ0v) is 15.8. The highest BCUT2D eigenvalue weighted by Crippen LogP contribution is 2.30. The first-order valence-corrected chi connectivity index (χ1v) is 9.00. The summed E-state index contributed by atoms with van der Waals surface area (Å²) in [7, 11) is 1.59. The molecule has 0 radical (unpaired) electrons. The Hall–Kier alpha value is -2.67. The number of aryl methyl sites for hydroxylation is 1. The third kappa shape index (κ3) is 4.36. The van der Waals surface area contributed by atoms with Gasteiger partial charge in [-0.15, -0.1) is 0 Å². The highest BCUT2D eigenvalue weighted by molar-refractivity contribution is 6.06. The number of nitrogens with zero attached hydrogens (tertiary/aromatic N) is 1. The monoisotopic (exact) mass is 373 g/mol. The Labute approximate surface area is 157 Å². The Kier molecular flexibility index (Phi) is 5.91. The van der Waals surface area contributed by atoms with Gasteiger partial charge in [0.15, 0.2) is 5.76 Å². The molecule has 1 amide bonds. The largest absolute Gasteiger partial charge is 0.455 e. The summed E-state index contributed by atoms with van der Waals surface area (Å²) in [5, 5.41) is 7.36. The van der Waals surface area contributed by atoms with E-state index in [1.807, 2.05) is 13.8 Å². The number of furan rings is 1. The van der Waals surface area contributed by atoms with Crippen LogP contribution in [0.4, 0.5) is 10.1 Å². The number of hydrogen-bond acceptors (Lipinski definition) is 5. The number of halogens is 1. The van der Waals surface area contributed by atoms with Crippen molar-refractivity contribution >= 4 is 17.3 Å². The van der Waals surface area contributed by atoms with Gasteiger partial charge in [0.05, 0.1) is 18.0 Å². The van der Waals surface area contributed by atoms with Gasteiger partial charge < -0.3 is 14.5 Å². The van der Waals surface area contributed by atoms with Crippen molar-refractivity contribution in [2.24, 2.45) is 5.10 Å². The number of benzene rings is 1. The van der Waals surface area contributed by atoms with Gasteiger partial charge in [-0.05, 0) is 51.0 Å². The molecule has 3 rings (SSSR count). The van der Waals surface area contributed by atoms with Crippen LogP contribution in [0.2, 0.25) is 0 Å². The van der Waals surface area contributed by atoms with E-state index in [4.69, 9.17) is 9.15 Å². The summed E-state index contributed by atoms with van der Waals surface area (Å²) in [6.07, 6.45) is 2.44. The smallest absolute Gasteiger partial charge is 0.287 e. The topological polar surface area (TPSA) is 75.9 Å². The second-order valence-electron chi connectivity index (χ2n) is 6.71. The number of amides is 1. The third-order valence-corrected chi connectivity index (χ3v) is 4.49. The molecule has 7 heteroatoms. The van der Waals surface area contributed by atoms with Crippen LogP contribution < -0.4 is 10.7 Å². The number of nitrogens with one attached hydrogen (secondary N) is 2. The van der Waals surface area contributed by atoms with Crippen molar-refractivity contribution in [1.29, 1.82) is 0 Å². The molecule has 0 fully saturated rings. The van der Waals surface area contributed by atoms with Crippen LogP contribution in [0.25, 0.3) is 0 Å². The third-order valence-electron chi connectivity index (χ3n) is 4.49. The summed E-state index contributed by atoms with van der Waals surface area (Å²) in [6, 6.07) is 5.89. The molecule has 2 aromatic rings. The van der Waals surface area contributed by atoms with Crippen molar-refractivity contribution in [1.82, 2.24) is 5.32 Å². The molecule has 1 atom stereocenters. The maximum absolute atomic E-state index is 13.0. The van der Waals surface area contributed by atoms with Crippen LogP contribution in [-0.4, -0.2) is 31.4 Å². The molecule has 0 spiro atoms. The Balaban J connectivity index is 1.82. The summed E-state index contributed by atoms with van der Waals surface area (Å²) in [5.74, 6) is 0.553. The van der Waals surface area contributed by atoms with Crippen molar-refractivity contribution in [3.63, 3.8) is 0 Å². The van der Waals surface area contributed by atoms with Gasteiger partial charge in [-0.3, -0.25) is 10.2 Å². The van der Waals surface area contributed by atoms with Crippen LogP contribution in [0.1, 0.15) is 47.2 Å². The Morgan fingerprint density at radius 3 is 2.78 bits per heavy atom. The standard InChI is InChI=1S/C20H24FN3O3/c1-12(11-26-3)22-20(25)19-13(2)18-16(5-4-6-17(18)27-19)24-23-15-9-7-14(21)8-10-15/h7-10,12,23H,4-6,11H2,1-3H3,(H,22,25)/b24-16+. The van der Waals surface area contributed by atoms with Gasteiger partial charge in [0.25, 0.3) is 5.91 Å². The number of fused-ring (bicyclic) bond motifs is 1. The Bertz CT molecular complexity index is 843. The minimum absolute atomic E-state index is 0.114. The fourth-order valence-electron chi connectivity index (χ4n) is 3.23. The van der Waals surface area contributed by atoms with Crippen molar-refractivity contribution < 1.29 is 18.3 Å². The summed E-state index contributed by atoms with van der Waals surface area (Å²) in [6.45, 7) is 4.18. The molecule has 2 N–H and O–H groups in total. The molecular weight excluding hydrogens is 349 g/mol. The highest BCUT2D eigenvalue weighted by Gasteiger charge is 2.28. The van der Waals surface area contributed by atoms with Gasteiger partial charge in [0, 0.05) is 30.7 Å². The molecule has 0 saturated heterocycles. The molecule has 1 unspecified atom stereocenters. The van der Waals surface area contributed by atoms with E-state index < -0.39 is 0 Å². The molecule has 1 aliphatic carbocycles. The van der Waals surface area contributed by atoms with Crippen LogP contribution in [0, 0.1) is 12.7 Å². The van der Waals surface area contributed by atoms with Gasteiger partial charge in [0.1, 0.15) is 11.6 Å². The van der Waals surface area contributed by atoms with Crippen LogP contribution in [-0.2, 0) is 11.2 Å². The normalized spacial score (nSPS) is 16.1. The SMILES string of the molecule is COCC(C)NC(=O)c1oc2c(c1C)/C(=N/Nc1ccc(F)cc1)CCC2. The summed E-state index contributed by atoms with van der Waals surface area (Å²) in [5.41, 5.74) is 6.17. The van der Waals surface area contributed by atoms with Gasteiger partial charge in [0.2, 0.25) is 0 Å². The fraction of sp³-hybridized carbons (Fsp3) is 0.400. The minimum atomic E-state index is -0.294. The molecule has 0 bridgehead atoms. The van der Waals surface area contributed by atoms with Gasteiger partial charge in [-0.2, -0.15) is 5.10 Å². The lowest BCUT2D eigenvalue weighted by molar-refractivity contribution is 0.0875. The van der Waals surface area contributed by atoms with Crippen molar-refractivity contribution in [3.8, 4) is 0 Å². The summed E-state index contributed by atoms with van der Waals surface area (Å²) >= 11 is 0. The molecule has 0 aliphatic heterocycles. The Morgan fingerprint density at radius 2 is 2.07 bits per heavy atom. The first-order valence-electron chi connectivity index (χ1n) is 9.00. The summed E-state index contributed by atoms with van der Waals surface area (Å²) in [4.78, 5) is 12.5. The van der Waals surface area contributed by atoms with Gasteiger partial charge >= 0.3 is 0 Å². The molecule has 1 aromatic heterocycles. The van der Waals surface area contributed by atoms with E-state index in [-0.39, 0.29) is 17.8 Å². The fourth-order valence-corrected chi connectivity index (χ4v) is 3.23. The first kappa shape index (κ1) is 19.1. The molecule has 1 aromatic carbocycles. The van der Waals surface area contributed by atoms with Crippen LogP contribution >= 0.6 is 0 Å². The highest BCUT2D eigenvalue weighted by atomic mass is 19.1. The lowest BCUT2D eigenvalue weighted by atomic mass is 9.93. The van der Waals surface area contributed by atoms with Crippen LogP contribution in [0.5, 0.6) is 0 Å². The molecule has 1 heterocycles. The second kappa shape index (κ2) is 8.35. The molecular formula is C20H24FN3O3. The van der Waals surface area contributed by atoms with Gasteiger partial charge in [-0.25, -0.2) is 4.39 Å². The van der Waals surface area contributed by atoms with E-state index in [2.05, 4.69) is 15.8 Å². The predicted molar refractivity (Wildman–Crippen MR) is 102 cm³/mol. The van der Waals surface area contributed by atoms with E-state index in [9.17, 15) is 9.18 Å². The summed E-state index contributed by atoms with van der Waals surface area (Å²) < 4.78 is 23.9. The van der Waals surface area contributed by atoms with Crippen molar-refractivity contribution in [3.05, 3.63) is 52.7 Å². The molecule has 1 aliphatic rings. The lowest BCUT2D eigenvalue weighted by Crippen LogP contribution is -2.35. The van der Waals surface area contributed by atoms with Crippen LogP contribution in [0.3, 0.4) is 0 Å². The maximum atomic E-state index is 13.0. The number of rotatable bonds is 6. The number of anilines is 1. The molecule has 144 valence electrons. The van der Waals surface area contributed by atoms with Gasteiger partial charge in [-0.1, -0.05) is 0 Å². The van der Waals surface area contributed by atoms with E-state index >= 15 is 0 Å². The lowest BCUT2D eigenvalue weighted by Gasteiger charge is -2.14. The zero-order chi connectivity index (χ0) is 19.4. The van der Waals surface area contributed by atoms with E-state index in [1.54, 1.807) is 19.2 Å². The van der Waals surface area contributed by atoms with Crippen molar-refractivity contribution in [2.45, 2.75) is 39.2 Å². The van der Waals surface area contributed by atoms with E-state index in [1.165, 1.54) is 12.1 Å². The number of hydrogen-bond donors (Lipinski definition) is 2. The average molecular weight is 373 g/mol. The van der Waals surface area contributed by atoms with E-state index in [0.717, 1.165) is 41.9 Å². The maximum Gasteiger partial charge on any atom is 0.287 e. The molecule has 27 heavy (non-hydrogen) atoms. The number of carbonyl (C=O) groups is 1. The number of carbonyl (C=O) groups excluding carboxylic acids is 1. The van der Waals surface area contributed by atoms with E-state index in [0.29, 0.717) is 18.1 Å². The predicted octanol–water partition coefficient (Wildman–Crippen LogP) is 3.64. The average Bonchev–Trinajstić information content (AvgIpc) is 2.99.